The zero-order chi connectivity index (χ0) is 20.2. The minimum absolute atomic E-state index is 0.00408. The number of hydrogen-bond donors (Lipinski definition) is 1. The lowest BCUT2D eigenvalue weighted by Gasteiger charge is -2.07. The lowest BCUT2D eigenvalue weighted by atomic mass is 10.1. The van der Waals surface area contributed by atoms with Crippen LogP contribution in [0.2, 0.25) is 0 Å². The second kappa shape index (κ2) is 11.8. The van der Waals surface area contributed by atoms with E-state index in [0.29, 0.717) is 18.7 Å². The van der Waals surface area contributed by atoms with Gasteiger partial charge in [-0.2, -0.15) is 0 Å². The molecule has 3 nitrogen and oxygen atoms in total. The molecule has 0 saturated carbocycles. The molecule has 1 rings (SSSR count). The molecule has 0 saturated heterocycles. The number of carbonyl (C=O) groups is 1. The fourth-order valence-electron chi connectivity index (χ4n) is 2.40. The minimum Gasteiger partial charge on any atom is -0.356 e. The summed E-state index contributed by atoms with van der Waals surface area (Å²) < 4.78 is 0. The average molecular weight is 365 g/mol. The van der Waals surface area contributed by atoms with Crippen molar-refractivity contribution in [2.24, 2.45) is 4.99 Å². The van der Waals surface area contributed by atoms with Gasteiger partial charge >= 0.3 is 0 Å². The molecule has 3 heteroatoms. The Morgan fingerprint density at radius 1 is 1.19 bits per heavy atom. The highest BCUT2D eigenvalue weighted by atomic mass is 16.1. The summed E-state index contributed by atoms with van der Waals surface area (Å²) in [7, 11) is 0. The van der Waals surface area contributed by atoms with E-state index < -0.39 is 0 Å². The molecule has 0 aliphatic rings. The summed E-state index contributed by atoms with van der Waals surface area (Å²) >= 11 is 0. The number of aryl methyl sites for hydroxylation is 1. The Morgan fingerprint density at radius 3 is 2.41 bits per heavy atom. The van der Waals surface area contributed by atoms with Gasteiger partial charge in [-0.1, -0.05) is 55.5 Å². The van der Waals surface area contributed by atoms with E-state index >= 15 is 0 Å². The van der Waals surface area contributed by atoms with E-state index in [0.717, 1.165) is 35.3 Å². The summed E-state index contributed by atoms with van der Waals surface area (Å²) in [4.78, 5) is 16.6. The van der Waals surface area contributed by atoms with Crippen molar-refractivity contribution in [2.45, 2.75) is 47.0 Å². The first kappa shape index (κ1) is 22.4. The van der Waals surface area contributed by atoms with Crippen LogP contribution in [0.1, 0.15) is 51.7 Å². The molecule has 0 fully saturated rings. The van der Waals surface area contributed by atoms with E-state index in [9.17, 15) is 4.79 Å². The number of nitrogens with zero attached hydrogens (tertiary/aromatic N) is 1. The van der Waals surface area contributed by atoms with Gasteiger partial charge in [0.05, 0.1) is 11.4 Å². The van der Waals surface area contributed by atoms with Crippen LogP contribution in [0, 0.1) is 0 Å². The zero-order valence-corrected chi connectivity index (χ0v) is 17.1. The molecule has 0 aromatic heterocycles. The van der Waals surface area contributed by atoms with Crippen LogP contribution in [-0.2, 0) is 11.2 Å². The van der Waals surface area contributed by atoms with E-state index in [1.807, 2.05) is 51.1 Å². The number of carbonyl (C=O) groups excluding carboxylic acids is 1. The molecule has 0 bridgehead atoms. The van der Waals surface area contributed by atoms with Crippen LogP contribution in [0.5, 0.6) is 0 Å². The van der Waals surface area contributed by atoms with Crippen molar-refractivity contribution in [2.75, 3.05) is 6.54 Å². The predicted molar refractivity (Wildman–Crippen MR) is 118 cm³/mol. The first-order chi connectivity index (χ1) is 12.9. The van der Waals surface area contributed by atoms with Gasteiger partial charge in [0, 0.05) is 13.0 Å². The normalized spacial score (nSPS) is 12.3. The van der Waals surface area contributed by atoms with Gasteiger partial charge < -0.3 is 5.32 Å². The Labute approximate surface area is 164 Å². The van der Waals surface area contributed by atoms with Crippen LogP contribution >= 0.6 is 0 Å². The SMILES string of the molecule is C=C(C)CCNC(=O)C/C=C(\C)C(/C=C\C)=NC(=C)c1ccc(CC)cc1. The molecule has 0 heterocycles. The Balaban J connectivity index is 2.82. The van der Waals surface area contributed by atoms with Crippen LogP contribution in [0.3, 0.4) is 0 Å². The number of rotatable bonds is 10. The summed E-state index contributed by atoms with van der Waals surface area (Å²) in [6.45, 7) is 16.6. The molecule has 1 amide bonds. The summed E-state index contributed by atoms with van der Waals surface area (Å²) in [5.41, 5.74) is 5.84. The maximum atomic E-state index is 12.0. The fourth-order valence-corrected chi connectivity index (χ4v) is 2.40. The molecule has 1 N–H and O–H groups in total. The van der Waals surface area contributed by atoms with Crippen molar-refractivity contribution in [1.82, 2.24) is 5.32 Å². The van der Waals surface area contributed by atoms with Crippen molar-refractivity contribution in [3.63, 3.8) is 0 Å². The van der Waals surface area contributed by atoms with Crippen molar-refractivity contribution in [1.29, 1.82) is 0 Å². The Morgan fingerprint density at radius 2 is 1.85 bits per heavy atom. The third-order valence-corrected chi connectivity index (χ3v) is 4.15. The summed E-state index contributed by atoms with van der Waals surface area (Å²) in [5, 5.41) is 2.90. The number of nitrogens with one attached hydrogen (secondary N) is 1. The highest BCUT2D eigenvalue weighted by molar-refractivity contribution is 6.10. The summed E-state index contributed by atoms with van der Waals surface area (Å²) in [5.74, 6) is 0.00408. The molecular formula is C24H32N2O. The standard InChI is InChI=1S/C24H32N2O/c1-7-9-23(19(5)10-15-24(27)25-17-16-18(3)4)26-20(6)22-13-11-21(8-2)12-14-22/h7,9-14H,3,6,8,15-17H2,1-2,4-5H3,(H,25,27)/b9-7-,19-10+,26-23?. The van der Waals surface area contributed by atoms with Gasteiger partial charge in [-0.05, 0) is 56.4 Å². The van der Waals surface area contributed by atoms with Crippen LogP contribution < -0.4 is 5.32 Å². The Kier molecular flexibility index (Phi) is 9.81. The quantitative estimate of drug-likeness (QED) is 0.423. The molecule has 144 valence electrons. The lowest BCUT2D eigenvalue weighted by molar-refractivity contribution is -0.120. The molecule has 27 heavy (non-hydrogen) atoms. The third kappa shape index (κ3) is 8.50. The number of amides is 1. The topological polar surface area (TPSA) is 41.5 Å². The van der Waals surface area contributed by atoms with Gasteiger partial charge in [-0.15, -0.1) is 6.58 Å². The van der Waals surface area contributed by atoms with E-state index in [1.165, 1.54) is 5.56 Å². The van der Waals surface area contributed by atoms with E-state index in [4.69, 9.17) is 0 Å². The molecule has 0 spiro atoms. The van der Waals surface area contributed by atoms with Gasteiger partial charge in [-0.3, -0.25) is 4.79 Å². The molecule has 1 aromatic rings. The summed E-state index contributed by atoms with van der Waals surface area (Å²) in [6.07, 6.45) is 7.93. The highest BCUT2D eigenvalue weighted by Crippen LogP contribution is 2.17. The van der Waals surface area contributed by atoms with Crippen LogP contribution in [-0.4, -0.2) is 18.2 Å². The zero-order valence-electron chi connectivity index (χ0n) is 17.1. The van der Waals surface area contributed by atoms with Gasteiger partial charge in [0.25, 0.3) is 0 Å². The van der Waals surface area contributed by atoms with Gasteiger partial charge in [0.15, 0.2) is 0 Å². The number of allylic oxidation sites excluding steroid dienone is 3. The molecule has 0 radical (unpaired) electrons. The van der Waals surface area contributed by atoms with E-state index in [2.05, 4.69) is 42.5 Å². The van der Waals surface area contributed by atoms with Gasteiger partial charge in [0.2, 0.25) is 5.91 Å². The second-order valence-corrected chi connectivity index (χ2v) is 6.64. The first-order valence-corrected chi connectivity index (χ1v) is 9.45. The van der Waals surface area contributed by atoms with Crippen molar-refractivity contribution in [3.8, 4) is 0 Å². The van der Waals surface area contributed by atoms with E-state index in [1.54, 1.807) is 0 Å². The maximum Gasteiger partial charge on any atom is 0.223 e. The van der Waals surface area contributed by atoms with Crippen molar-refractivity contribution in [3.05, 3.63) is 77.9 Å². The van der Waals surface area contributed by atoms with Crippen molar-refractivity contribution < 1.29 is 4.79 Å². The van der Waals surface area contributed by atoms with Crippen LogP contribution in [0.25, 0.3) is 5.70 Å². The molecule has 0 atom stereocenters. The number of benzene rings is 1. The van der Waals surface area contributed by atoms with Crippen LogP contribution in [0.4, 0.5) is 0 Å². The highest BCUT2D eigenvalue weighted by Gasteiger charge is 2.04. The smallest absolute Gasteiger partial charge is 0.223 e. The minimum atomic E-state index is 0.00408. The third-order valence-electron chi connectivity index (χ3n) is 4.15. The number of hydrogen-bond acceptors (Lipinski definition) is 2. The molecule has 0 aliphatic carbocycles. The summed E-state index contributed by atoms with van der Waals surface area (Å²) in [6, 6.07) is 8.30. The molecule has 0 unspecified atom stereocenters. The van der Waals surface area contributed by atoms with E-state index in [-0.39, 0.29) is 5.91 Å². The lowest BCUT2D eigenvalue weighted by Crippen LogP contribution is -2.23. The fraction of sp³-hybridized carbons (Fsp3) is 0.333. The van der Waals surface area contributed by atoms with Crippen LogP contribution in [0.15, 0.2) is 71.8 Å². The molecule has 1 aromatic carbocycles. The average Bonchev–Trinajstić information content (AvgIpc) is 2.65. The predicted octanol–water partition coefficient (Wildman–Crippen LogP) is 5.66. The first-order valence-electron chi connectivity index (χ1n) is 9.45. The van der Waals surface area contributed by atoms with Gasteiger partial charge in [0.1, 0.15) is 0 Å². The Bertz CT molecular complexity index is 749. The Hall–Kier alpha value is -2.68. The van der Waals surface area contributed by atoms with Crippen molar-refractivity contribution >= 4 is 17.3 Å². The second-order valence-electron chi connectivity index (χ2n) is 6.64. The van der Waals surface area contributed by atoms with Gasteiger partial charge in [-0.25, -0.2) is 4.99 Å². The molecule has 0 aliphatic heterocycles. The molecular weight excluding hydrogens is 332 g/mol. The largest absolute Gasteiger partial charge is 0.356 e. The number of aliphatic imine (C=N–C) groups is 1. The monoisotopic (exact) mass is 364 g/mol. The maximum absolute atomic E-state index is 12.0.